The Labute approximate surface area is 168 Å². The van der Waals surface area contributed by atoms with Crippen molar-refractivity contribution in [3.8, 4) is 0 Å². The van der Waals surface area contributed by atoms with Gasteiger partial charge in [0, 0.05) is 10.9 Å². The van der Waals surface area contributed by atoms with Crippen molar-refractivity contribution in [2.24, 2.45) is 5.73 Å². The number of piperidine rings is 1. The number of rotatable bonds is 5. The first-order chi connectivity index (χ1) is 12.8. The van der Waals surface area contributed by atoms with Crippen LogP contribution >= 0.6 is 27.5 Å². The van der Waals surface area contributed by atoms with Crippen LogP contribution in [0.3, 0.4) is 0 Å². The number of fused-ring (bicyclic) bond motifs is 1. The van der Waals surface area contributed by atoms with Crippen LogP contribution in [0.2, 0.25) is 5.02 Å². The summed E-state index contributed by atoms with van der Waals surface area (Å²) < 4.78 is 6.98. The average molecular weight is 458 g/mol. The topological polar surface area (TPSA) is 116 Å². The highest BCUT2D eigenvalue weighted by atomic mass is 79.9. The third-order valence-electron chi connectivity index (χ3n) is 4.45. The number of nitrogens with one attached hydrogen (secondary N) is 1. The van der Waals surface area contributed by atoms with Gasteiger partial charge >= 0.3 is 6.09 Å². The Morgan fingerprint density at radius 1 is 1.44 bits per heavy atom. The molecule has 2 atom stereocenters. The zero-order chi connectivity index (χ0) is 19.6. The summed E-state index contributed by atoms with van der Waals surface area (Å²) in [6.45, 7) is 0.596. The summed E-state index contributed by atoms with van der Waals surface area (Å²) in [5.41, 5.74) is 5.24. The number of carbonyl (C=O) groups excluding carboxylic acids is 2. The van der Waals surface area contributed by atoms with Crippen molar-refractivity contribution in [3.05, 3.63) is 38.3 Å². The quantitative estimate of drug-likeness (QED) is 0.709. The fourth-order valence-electron chi connectivity index (χ4n) is 3.18. The van der Waals surface area contributed by atoms with Crippen molar-refractivity contribution in [1.29, 1.82) is 0 Å². The summed E-state index contributed by atoms with van der Waals surface area (Å²) in [6, 6.07) is 2.85. The number of carbonyl (C=O) groups is 2. The number of benzene rings is 1. The molecule has 144 valence electrons. The third kappa shape index (κ3) is 4.66. The van der Waals surface area contributed by atoms with Crippen molar-refractivity contribution in [3.63, 3.8) is 0 Å². The fourth-order valence-corrected chi connectivity index (χ4v) is 3.68. The van der Waals surface area contributed by atoms with Crippen LogP contribution in [0.1, 0.15) is 19.3 Å². The summed E-state index contributed by atoms with van der Waals surface area (Å²) in [6.07, 6.45) is 1.60. The molecule has 2 heterocycles. The molecule has 1 aliphatic heterocycles. The minimum absolute atomic E-state index is 0.115. The van der Waals surface area contributed by atoms with Gasteiger partial charge in [0.1, 0.15) is 6.10 Å². The van der Waals surface area contributed by atoms with Gasteiger partial charge in [-0.05, 0) is 47.4 Å². The first-order valence-corrected chi connectivity index (χ1v) is 9.57. The maximum Gasteiger partial charge on any atom is 0.404 e. The van der Waals surface area contributed by atoms with Crippen LogP contribution in [-0.2, 0) is 16.1 Å². The van der Waals surface area contributed by atoms with Crippen molar-refractivity contribution < 1.29 is 14.3 Å². The smallest absolute Gasteiger partial charge is 0.404 e. The molecule has 0 aliphatic carbocycles. The number of ether oxygens (including phenoxy) is 1. The molecular weight excluding hydrogens is 440 g/mol. The number of primary amides is 1. The molecular formula is C17H18BrClN4O4. The lowest BCUT2D eigenvalue weighted by molar-refractivity contribution is -0.121. The lowest BCUT2D eigenvalue weighted by Crippen LogP contribution is -2.49. The van der Waals surface area contributed by atoms with E-state index in [0.717, 1.165) is 13.0 Å². The van der Waals surface area contributed by atoms with Gasteiger partial charge in [-0.2, -0.15) is 0 Å². The van der Waals surface area contributed by atoms with Crippen LogP contribution in [0.5, 0.6) is 0 Å². The van der Waals surface area contributed by atoms with Crippen molar-refractivity contribution in [2.45, 2.75) is 38.0 Å². The van der Waals surface area contributed by atoms with Crippen LogP contribution in [-0.4, -0.2) is 40.1 Å². The second kappa shape index (κ2) is 8.37. The van der Waals surface area contributed by atoms with Gasteiger partial charge in [0.15, 0.2) is 5.78 Å². The summed E-state index contributed by atoms with van der Waals surface area (Å²) >= 11 is 9.35. The number of aromatic nitrogens is 2. The van der Waals surface area contributed by atoms with Gasteiger partial charge in [0.2, 0.25) is 0 Å². The van der Waals surface area contributed by atoms with Crippen molar-refractivity contribution in [1.82, 2.24) is 14.9 Å². The molecule has 1 fully saturated rings. The molecule has 3 N–H and O–H groups in total. The summed E-state index contributed by atoms with van der Waals surface area (Å²) in [7, 11) is 0. The zero-order valence-corrected chi connectivity index (χ0v) is 16.6. The Balaban J connectivity index is 1.75. The SMILES string of the molecule is NC(=O)O[C@H]1CCCN[C@@H]1CC(=O)Cn1cnc2cc(Br)c(Cl)cc2c1=O. The summed E-state index contributed by atoms with van der Waals surface area (Å²) in [4.78, 5) is 40.4. The van der Waals surface area contributed by atoms with E-state index in [2.05, 4.69) is 26.2 Å². The zero-order valence-electron chi connectivity index (χ0n) is 14.3. The van der Waals surface area contributed by atoms with E-state index in [1.165, 1.54) is 17.0 Å². The molecule has 0 radical (unpaired) electrons. The molecule has 3 rings (SSSR count). The van der Waals surface area contributed by atoms with Gasteiger partial charge in [0.05, 0.1) is 34.8 Å². The number of halogens is 2. The molecule has 1 saturated heterocycles. The van der Waals surface area contributed by atoms with Gasteiger partial charge in [-0.1, -0.05) is 11.6 Å². The van der Waals surface area contributed by atoms with Crippen LogP contribution in [0.4, 0.5) is 4.79 Å². The van der Waals surface area contributed by atoms with Crippen LogP contribution in [0.25, 0.3) is 10.9 Å². The lowest BCUT2D eigenvalue weighted by Gasteiger charge is -2.31. The molecule has 1 aliphatic rings. The minimum Gasteiger partial charge on any atom is -0.445 e. The number of hydrogen-bond donors (Lipinski definition) is 2. The van der Waals surface area contributed by atoms with E-state index in [-0.39, 0.29) is 30.3 Å². The molecule has 1 amide bonds. The number of nitrogens with zero attached hydrogens (tertiary/aromatic N) is 2. The predicted octanol–water partition coefficient (Wildman–Crippen LogP) is 1.99. The number of ketones is 1. The first kappa shape index (κ1) is 19.8. The average Bonchev–Trinajstić information content (AvgIpc) is 2.61. The maximum atomic E-state index is 12.6. The monoisotopic (exact) mass is 456 g/mol. The molecule has 0 unspecified atom stereocenters. The van der Waals surface area contributed by atoms with Crippen molar-refractivity contribution >= 4 is 50.3 Å². The number of Topliss-reactive ketones (excluding diaryl/α,β-unsaturated/α-hetero) is 1. The van der Waals surface area contributed by atoms with Gasteiger partial charge in [-0.3, -0.25) is 14.2 Å². The lowest BCUT2D eigenvalue weighted by atomic mass is 9.96. The van der Waals surface area contributed by atoms with Gasteiger partial charge in [-0.25, -0.2) is 9.78 Å². The molecule has 27 heavy (non-hydrogen) atoms. The maximum absolute atomic E-state index is 12.6. The second-order valence-corrected chi connectivity index (χ2v) is 7.64. The predicted molar refractivity (Wildman–Crippen MR) is 104 cm³/mol. The molecule has 2 aromatic rings. The Morgan fingerprint density at radius 2 is 2.22 bits per heavy atom. The minimum atomic E-state index is -0.862. The fraction of sp³-hybridized carbons (Fsp3) is 0.412. The van der Waals surface area contributed by atoms with Crippen molar-refractivity contribution in [2.75, 3.05) is 6.54 Å². The van der Waals surface area contributed by atoms with E-state index < -0.39 is 12.2 Å². The van der Waals surface area contributed by atoms with E-state index in [4.69, 9.17) is 22.1 Å². The highest BCUT2D eigenvalue weighted by Crippen LogP contribution is 2.25. The Hall–Kier alpha value is -1.97. The van der Waals surface area contributed by atoms with Gasteiger partial charge < -0.3 is 15.8 Å². The molecule has 0 spiro atoms. The second-order valence-electron chi connectivity index (χ2n) is 6.38. The van der Waals surface area contributed by atoms with E-state index in [0.29, 0.717) is 26.8 Å². The largest absolute Gasteiger partial charge is 0.445 e. The van der Waals surface area contributed by atoms with Gasteiger partial charge in [-0.15, -0.1) is 0 Å². The molecule has 0 bridgehead atoms. The normalized spacial score (nSPS) is 19.8. The first-order valence-electron chi connectivity index (χ1n) is 8.40. The van der Waals surface area contributed by atoms with E-state index in [9.17, 15) is 14.4 Å². The Morgan fingerprint density at radius 3 is 2.96 bits per heavy atom. The van der Waals surface area contributed by atoms with E-state index >= 15 is 0 Å². The molecule has 1 aromatic carbocycles. The number of hydrogen-bond acceptors (Lipinski definition) is 6. The van der Waals surface area contributed by atoms with Crippen LogP contribution < -0.4 is 16.6 Å². The van der Waals surface area contributed by atoms with Crippen LogP contribution in [0, 0.1) is 0 Å². The van der Waals surface area contributed by atoms with Gasteiger partial charge in [0.25, 0.3) is 5.56 Å². The third-order valence-corrected chi connectivity index (χ3v) is 5.65. The Bertz CT molecular complexity index is 948. The molecule has 0 saturated carbocycles. The van der Waals surface area contributed by atoms with Crippen LogP contribution in [0.15, 0.2) is 27.7 Å². The summed E-state index contributed by atoms with van der Waals surface area (Å²) in [5, 5.41) is 3.90. The Kier molecular flexibility index (Phi) is 6.13. The molecule has 8 nitrogen and oxygen atoms in total. The molecule has 1 aromatic heterocycles. The number of amides is 1. The standard InChI is InChI=1S/C17H18BrClN4O4/c18-11-6-13-10(5-12(11)19)16(25)23(8-22-13)7-9(24)4-14-15(27-17(20)26)2-1-3-21-14/h5-6,8,14-15,21H,1-4,7H2,(H2,20,26)/t14-,15+/m1/s1. The van der Waals surface area contributed by atoms with E-state index in [1.807, 2.05) is 0 Å². The summed E-state index contributed by atoms with van der Waals surface area (Å²) in [5.74, 6) is -0.182. The molecule has 10 heteroatoms. The highest BCUT2D eigenvalue weighted by Gasteiger charge is 2.29. The highest BCUT2D eigenvalue weighted by molar-refractivity contribution is 9.10. The number of nitrogens with two attached hydrogens (primary N) is 1. The van der Waals surface area contributed by atoms with E-state index in [1.54, 1.807) is 6.07 Å².